The molecule has 2 aromatic heterocycles. The fourth-order valence-corrected chi connectivity index (χ4v) is 3.05. The largest absolute Gasteiger partial charge is 0.335 e. The summed E-state index contributed by atoms with van der Waals surface area (Å²) in [6, 6.07) is 6.59. The average molecular weight is 299 g/mol. The monoisotopic (exact) mass is 299 g/mol. The molecular weight excluding hydrogens is 285 g/mol. The highest BCUT2D eigenvalue weighted by molar-refractivity contribution is 5.73. The molecule has 4 rings (SSSR count). The predicted molar refractivity (Wildman–Crippen MR) is 80.2 cm³/mol. The Morgan fingerprint density at radius 1 is 1.36 bits per heavy atom. The molecule has 0 bridgehead atoms. The van der Waals surface area contributed by atoms with E-state index in [1.165, 1.54) is 18.3 Å². The van der Waals surface area contributed by atoms with E-state index in [-0.39, 0.29) is 17.4 Å². The van der Waals surface area contributed by atoms with Crippen LogP contribution in [0.2, 0.25) is 0 Å². The molecule has 1 saturated heterocycles. The number of fused-ring (bicyclic) bond motifs is 1. The third kappa shape index (κ3) is 2.05. The number of hydrogen-bond acceptors (Lipinski definition) is 4. The molecule has 1 aromatic carbocycles. The molecule has 1 fully saturated rings. The Bertz CT molecular complexity index is 887. The van der Waals surface area contributed by atoms with Gasteiger partial charge in [-0.15, -0.1) is 0 Å². The molecular formula is C15H14FN5O. The van der Waals surface area contributed by atoms with Crippen LogP contribution in [0.5, 0.6) is 0 Å². The summed E-state index contributed by atoms with van der Waals surface area (Å²) in [6.45, 7) is 0.768. The predicted octanol–water partition coefficient (Wildman–Crippen LogP) is 2.13. The first-order valence-corrected chi connectivity index (χ1v) is 7.18. The van der Waals surface area contributed by atoms with Crippen LogP contribution in [0.1, 0.15) is 24.4 Å². The zero-order valence-corrected chi connectivity index (χ0v) is 11.7. The fourth-order valence-electron chi connectivity index (χ4n) is 3.05. The van der Waals surface area contributed by atoms with Crippen LogP contribution in [-0.2, 0) is 0 Å². The lowest BCUT2D eigenvalue weighted by atomic mass is 10.0. The van der Waals surface area contributed by atoms with Crippen LogP contribution >= 0.6 is 0 Å². The highest BCUT2D eigenvalue weighted by Crippen LogP contribution is 2.34. The molecule has 22 heavy (non-hydrogen) atoms. The number of hydrogen-bond donors (Lipinski definition) is 2. The lowest BCUT2D eigenvalue weighted by molar-refractivity contribution is 0.617. The molecule has 0 radical (unpaired) electrons. The Labute approximate surface area is 125 Å². The van der Waals surface area contributed by atoms with Crippen LogP contribution in [0.15, 0.2) is 35.3 Å². The second-order valence-corrected chi connectivity index (χ2v) is 5.43. The van der Waals surface area contributed by atoms with Crippen LogP contribution in [0.3, 0.4) is 0 Å². The molecule has 0 spiro atoms. The van der Waals surface area contributed by atoms with Crippen molar-refractivity contribution in [2.45, 2.75) is 18.9 Å². The van der Waals surface area contributed by atoms with Gasteiger partial charge in [0.25, 0.3) is 5.56 Å². The van der Waals surface area contributed by atoms with Crippen LogP contribution in [0.4, 0.5) is 10.3 Å². The fraction of sp³-hybridized carbons (Fsp3) is 0.267. The molecule has 0 aliphatic carbocycles. The minimum Gasteiger partial charge on any atom is -0.335 e. The van der Waals surface area contributed by atoms with E-state index >= 15 is 0 Å². The van der Waals surface area contributed by atoms with Gasteiger partial charge in [-0.1, -0.05) is 12.1 Å². The minimum atomic E-state index is -0.255. The number of halogens is 1. The van der Waals surface area contributed by atoms with E-state index in [9.17, 15) is 9.18 Å². The van der Waals surface area contributed by atoms with Crippen molar-refractivity contribution in [2.75, 3.05) is 11.4 Å². The van der Waals surface area contributed by atoms with Crippen LogP contribution in [0.25, 0.3) is 11.0 Å². The molecule has 3 heterocycles. The molecule has 3 aromatic rings. The van der Waals surface area contributed by atoms with Crippen molar-refractivity contribution < 1.29 is 4.39 Å². The van der Waals surface area contributed by atoms with Crippen LogP contribution in [0, 0.1) is 5.82 Å². The Balaban J connectivity index is 1.77. The highest BCUT2D eigenvalue weighted by Gasteiger charge is 2.28. The summed E-state index contributed by atoms with van der Waals surface area (Å²) in [4.78, 5) is 21.3. The van der Waals surface area contributed by atoms with Crippen molar-refractivity contribution in [3.05, 3.63) is 52.2 Å². The SMILES string of the molecule is O=c1[nH]c(N2CCC[C@@H]2c2cccc(F)c2)nc2[nH]ncc12. The molecule has 1 atom stereocenters. The smallest absolute Gasteiger partial charge is 0.263 e. The van der Waals surface area contributed by atoms with Crippen molar-refractivity contribution in [1.82, 2.24) is 20.2 Å². The van der Waals surface area contributed by atoms with Gasteiger partial charge in [0.15, 0.2) is 5.65 Å². The number of nitrogens with zero attached hydrogens (tertiary/aromatic N) is 3. The van der Waals surface area contributed by atoms with E-state index < -0.39 is 0 Å². The quantitative estimate of drug-likeness (QED) is 0.760. The third-order valence-corrected chi connectivity index (χ3v) is 4.07. The summed E-state index contributed by atoms with van der Waals surface area (Å²) in [6.07, 6.45) is 3.32. The van der Waals surface area contributed by atoms with Gasteiger partial charge in [-0.25, -0.2) is 4.39 Å². The van der Waals surface area contributed by atoms with E-state index in [2.05, 4.69) is 20.2 Å². The summed E-state index contributed by atoms with van der Waals surface area (Å²) in [5, 5.41) is 7.00. The lowest BCUT2D eigenvalue weighted by Crippen LogP contribution is -2.27. The van der Waals surface area contributed by atoms with Gasteiger partial charge in [-0.3, -0.25) is 14.9 Å². The first kappa shape index (κ1) is 13.0. The normalized spacial score (nSPS) is 18.2. The maximum absolute atomic E-state index is 13.5. The maximum atomic E-state index is 13.5. The van der Waals surface area contributed by atoms with Gasteiger partial charge in [-0.05, 0) is 30.5 Å². The van der Waals surface area contributed by atoms with Gasteiger partial charge >= 0.3 is 0 Å². The van der Waals surface area contributed by atoms with Crippen molar-refractivity contribution >= 4 is 17.0 Å². The van der Waals surface area contributed by atoms with Gasteiger partial charge < -0.3 is 4.90 Å². The summed E-state index contributed by atoms with van der Waals surface area (Å²) in [5.41, 5.74) is 1.13. The second-order valence-electron chi connectivity index (χ2n) is 5.43. The molecule has 0 amide bonds. The van der Waals surface area contributed by atoms with Crippen LogP contribution < -0.4 is 10.5 Å². The molecule has 7 heteroatoms. The number of rotatable bonds is 2. The number of benzene rings is 1. The number of aromatic amines is 2. The molecule has 0 saturated carbocycles. The maximum Gasteiger partial charge on any atom is 0.263 e. The molecule has 112 valence electrons. The summed E-state index contributed by atoms with van der Waals surface area (Å²) >= 11 is 0. The van der Waals surface area contributed by atoms with Gasteiger partial charge in [0.1, 0.15) is 11.2 Å². The van der Waals surface area contributed by atoms with E-state index in [0.717, 1.165) is 24.9 Å². The van der Waals surface area contributed by atoms with E-state index in [4.69, 9.17) is 0 Å². The Morgan fingerprint density at radius 3 is 3.14 bits per heavy atom. The van der Waals surface area contributed by atoms with Gasteiger partial charge in [0.2, 0.25) is 5.95 Å². The topological polar surface area (TPSA) is 77.7 Å². The molecule has 1 aliphatic heterocycles. The van der Waals surface area contributed by atoms with Crippen molar-refractivity contribution in [3.8, 4) is 0 Å². The minimum absolute atomic E-state index is 0.0132. The summed E-state index contributed by atoms with van der Waals surface area (Å²) < 4.78 is 13.5. The molecule has 0 unspecified atom stereocenters. The van der Waals surface area contributed by atoms with E-state index in [1.54, 1.807) is 6.07 Å². The van der Waals surface area contributed by atoms with Crippen molar-refractivity contribution in [1.29, 1.82) is 0 Å². The number of H-pyrrole nitrogens is 2. The summed E-state index contributed by atoms with van der Waals surface area (Å²) in [5.74, 6) is 0.239. The number of anilines is 1. The zero-order chi connectivity index (χ0) is 15.1. The summed E-state index contributed by atoms with van der Waals surface area (Å²) in [7, 11) is 0. The van der Waals surface area contributed by atoms with Gasteiger partial charge in [0, 0.05) is 6.54 Å². The van der Waals surface area contributed by atoms with Gasteiger partial charge in [-0.2, -0.15) is 10.1 Å². The number of aromatic nitrogens is 4. The Morgan fingerprint density at radius 2 is 2.27 bits per heavy atom. The van der Waals surface area contributed by atoms with Crippen LogP contribution in [-0.4, -0.2) is 26.7 Å². The van der Waals surface area contributed by atoms with E-state index in [1.807, 2.05) is 11.0 Å². The molecule has 1 aliphatic rings. The van der Waals surface area contributed by atoms with Crippen molar-refractivity contribution in [2.24, 2.45) is 0 Å². The lowest BCUT2D eigenvalue weighted by Gasteiger charge is -2.25. The molecule has 6 nitrogen and oxygen atoms in total. The molecule has 2 N–H and O–H groups in total. The van der Waals surface area contributed by atoms with Gasteiger partial charge in [0.05, 0.1) is 12.2 Å². The second kappa shape index (κ2) is 4.94. The number of nitrogens with one attached hydrogen (secondary N) is 2. The highest BCUT2D eigenvalue weighted by atomic mass is 19.1. The first-order valence-electron chi connectivity index (χ1n) is 7.18. The Hall–Kier alpha value is -2.70. The standard InChI is InChI=1S/C15H14FN5O/c16-10-4-1-3-9(7-10)12-5-2-6-21(12)15-18-13-11(8-17-20-13)14(22)19-15/h1,3-4,7-8,12H,2,5-6H2,(H2,17,18,19,20,22)/t12-/m1/s1. The average Bonchev–Trinajstić information content (AvgIpc) is 3.16. The first-order chi connectivity index (χ1) is 10.7. The Kier molecular flexibility index (Phi) is 2.92. The zero-order valence-electron chi connectivity index (χ0n) is 11.7. The third-order valence-electron chi connectivity index (χ3n) is 4.07. The van der Waals surface area contributed by atoms with E-state index in [0.29, 0.717) is 17.0 Å². The van der Waals surface area contributed by atoms with Crippen molar-refractivity contribution in [3.63, 3.8) is 0 Å².